The fourth-order valence-corrected chi connectivity index (χ4v) is 4.25. The topological polar surface area (TPSA) is 65.5 Å². The minimum Gasteiger partial charge on any atom is -0.461 e. The molecule has 35 heavy (non-hydrogen) atoms. The Kier molecular flexibility index (Phi) is 19.0. The van der Waals surface area contributed by atoms with Crippen LogP contribution in [0.5, 0.6) is 0 Å². The number of carbonyl (C=O) groups excluding carboxylic acids is 2. The zero-order valence-corrected chi connectivity index (χ0v) is 22.8. The van der Waals surface area contributed by atoms with Crippen LogP contribution in [0.1, 0.15) is 157 Å². The fraction of sp³-hybridized carbons (Fsp3) is 0.767. The summed E-state index contributed by atoms with van der Waals surface area (Å²) >= 11 is 0. The Morgan fingerprint density at radius 3 is 1.71 bits per heavy atom. The molecule has 0 aliphatic heterocycles. The number of aromatic nitrogens is 1. The van der Waals surface area contributed by atoms with Gasteiger partial charge < -0.3 is 9.47 Å². The lowest BCUT2D eigenvalue weighted by molar-refractivity contribution is 0.0247. The highest BCUT2D eigenvalue weighted by atomic mass is 16.5. The van der Waals surface area contributed by atoms with Gasteiger partial charge >= 0.3 is 11.9 Å². The molecule has 200 valence electrons. The van der Waals surface area contributed by atoms with E-state index in [1.807, 2.05) is 0 Å². The molecule has 5 heteroatoms. The Morgan fingerprint density at radius 2 is 1.17 bits per heavy atom. The Bertz CT molecular complexity index is 676. The van der Waals surface area contributed by atoms with Gasteiger partial charge in [0.1, 0.15) is 17.5 Å². The molecule has 0 aliphatic rings. The van der Waals surface area contributed by atoms with Crippen LogP contribution >= 0.6 is 0 Å². The van der Waals surface area contributed by atoms with Crippen molar-refractivity contribution < 1.29 is 19.1 Å². The van der Waals surface area contributed by atoms with Crippen LogP contribution in [0.25, 0.3) is 0 Å². The van der Waals surface area contributed by atoms with Crippen molar-refractivity contribution in [3.8, 4) is 0 Å². The first-order valence-electron chi connectivity index (χ1n) is 14.5. The summed E-state index contributed by atoms with van der Waals surface area (Å²) in [5, 5.41) is 0. The van der Waals surface area contributed by atoms with Crippen LogP contribution in [0.15, 0.2) is 18.2 Å². The lowest BCUT2D eigenvalue weighted by atomic mass is 10.0. The third-order valence-corrected chi connectivity index (χ3v) is 6.41. The molecule has 0 amide bonds. The smallest absolute Gasteiger partial charge is 0.357 e. The van der Waals surface area contributed by atoms with E-state index in [4.69, 9.17) is 9.47 Å². The Labute approximate surface area is 214 Å². The largest absolute Gasteiger partial charge is 0.461 e. The van der Waals surface area contributed by atoms with Crippen molar-refractivity contribution in [2.24, 2.45) is 0 Å². The van der Waals surface area contributed by atoms with Crippen molar-refractivity contribution >= 4 is 11.9 Å². The van der Waals surface area contributed by atoms with Crippen molar-refractivity contribution in [3.05, 3.63) is 29.6 Å². The summed E-state index contributed by atoms with van der Waals surface area (Å²) < 4.78 is 11.0. The molecular formula is C30H51NO4. The summed E-state index contributed by atoms with van der Waals surface area (Å²) in [6, 6.07) is 4.84. The van der Waals surface area contributed by atoms with E-state index < -0.39 is 11.9 Å². The van der Waals surface area contributed by atoms with Gasteiger partial charge in [0.15, 0.2) is 0 Å². The summed E-state index contributed by atoms with van der Waals surface area (Å²) in [5.74, 6) is -0.944. The number of hydrogen-bond donors (Lipinski definition) is 0. The maximum Gasteiger partial charge on any atom is 0.357 e. The van der Waals surface area contributed by atoms with Crippen LogP contribution in [0.2, 0.25) is 0 Å². The molecule has 1 rings (SSSR count). The molecule has 1 aromatic rings. The number of unbranched alkanes of at least 4 members (excludes halogenated alkanes) is 13. The highest BCUT2D eigenvalue weighted by Crippen LogP contribution is 2.15. The molecule has 0 saturated carbocycles. The summed E-state index contributed by atoms with van der Waals surface area (Å²) in [7, 11) is 0. The average molecular weight is 490 g/mol. The first kappa shape index (κ1) is 31.1. The van der Waals surface area contributed by atoms with Gasteiger partial charge in [-0.3, -0.25) is 0 Å². The van der Waals surface area contributed by atoms with Crippen molar-refractivity contribution in [1.29, 1.82) is 0 Å². The van der Waals surface area contributed by atoms with E-state index in [1.54, 1.807) is 18.2 Å². The molecule has 0 radical (unpaired) electrons. The monoisotopic (exact) mass is 489 g/mol. The van der Waals surface area contributed by atoms with Crippen LogP contribution in [-0.4, -0.2) is 29.6 Å². The lowest BCUT2D eigenvalue weighted by Gasteiger charge is -2.16. The molecular weight excluding hydrogens is 438 g/mol. The van der Waals surface area contributed by atoms with E-state index in [0.717, 1.165) is 44.9 Å². The number of pyridine rings is 1. The van der Waals surface area contributed by atoms with Gasteiger partial charge in [0.25, 0.3) is 0 Å². The van der Waals surface area contributed by atoms with E-state index in [-0.39, 0.29) is 17.5 Å². The number of ether oxygens (including phenoxy) is 2. The van der Waals surface area contributed by atoms with Crippen molar-refractivity contribution in [1.82, 2.24) is 4.98 Å². The van der Waals surface area contributed by atoms with Crippen LogP contribution in [0.4, 0.5) is 0 Å². The predicted molar refractivity (Wildman–Crippen MR) is 144 cm³/mol. The number of rotatable bonds is 22. The standard InChI is InChI=1S/C30H51NO4/c1-4-7-9-10-11-12-13-14-15-16-17-18-19-25-34-29(32)27-23-20-24-28(31-27)30(33)35-26(21-6-3)22-8-5-2/h20,23-24,26H,4-19,21-22,25H2,1-3H3. The summed E-state index contributed by atoms with van der Waals surface area (Å²) in [4.78, 5) is 29.1. The highest BCUT2D eigenvalue weighted by molar-refractivity contribution is 5.91. The second-order valence-electron chi connectivity index (χ2n) is 9.74. The van der Waals surface area contributed by atoms with E-state index in [2.05, 4.69) is 25.8 Å². The Hall–Kier alpha value is -1.91. The van der Waals surface area contributed by atoms with Crippen molar-refractivity contribution in [2.75, 3.05) is 6.61 Å². The first-order chi connectivity index (χ1) is 17.1. The normalized spacial score (nSPS) is 11.9. The Balaban J connectivity index is 2.20. The molecule has 5 nitrogen and oxygen atoms in total. The van der Waals surface area contributed by atoms with Crippen molar-refractivity contribution in [2.45, 2.75) is 142 Å². The van der Waals surface area contributed by atoms with Crippen LogP contribution in [-0.2, 0) is 9.47 Å². The second kappa shape index (κ2) is 21.4. The summed E-state index contributed by atoms with van der Waals surface area (Å²) in [5.41, 5.74) is 0.327. The molecule has 0 bridgehead atoms. The van der Waals surface area contributed by atoms with Crippen molar-refractivity contribution in [3.63, 3.8) is 0 Å². The van der Waals surface area contributed by atoms with Crippen LogP contribution in [0, 0.1) is 0 Å². The lowest BCUT2D eigenvalue weighted by Crippen LogP contribution is -2.20. The maximum atomic E-state index is 12.5. The number of nitrogens with zero attached hydrogens (tertiary/aromatic N) is 1. The summed E-state index contributed by atoms with van der Waals surface area (Å²) in [6.07, 6.45) is 21.3. The van der Waals surface area contributed by atoms with E-state index in [1.165, 1.54) is 70.6 Å². The molecule has 0 spiro atoms. The third kappa shape index (κ3) is 15.6. The molecule has 1 heterocycles. The summed E-state index contributed by atoms with van der Waals surface area (Å²) in [6.45, 7) is 6.86. The predicted octanol–water partition coefficient (Wildman–Crippen LogP) is 8.85. The van der Waals surface area contributed by atoms with Crippen LogP contribution < -0.4 is 0 Å². The second-order valence-corrected chi connectivity index (χ2v) is 9.74. The molecule has 0 aliphatic carbocycles. The van der Waals surface area contributed by atoms with E-state index in [9.17, 15) is 9.59 Å². The molecule has 0 N–H and O–H groups in total. The average Bonchev–Trinajstić information content (AvgIpc) is 2.87. The van der Waals surface area contributed by atoms with E-state index in [0.29, 0.717) is 6.61 Å². The Morgan fingerprint density at radius 1 is 0.657 bits per heavy atom. The number of carbonyl (C=O) groups is 2. The quantitative estimate of drug-likeness (QED) is 0.120. The van der Waals surface area contributed by atoms with Gasteiger partial charge in [-0.15, -0.1) is 0 Å². The minimum atomic E-state index is -0.477. The van der Waals surface area contributed by atoms with Gasteiger partial charge in [0.2, 0.25) is 0 Å². The molecule has 0 fully saturated rings. The fourth-order valence-electron chi connectivity index (χ4n) is 4.25. The van der Waals surface area contributed by atoms with Gasteiger partial charge in [-0.1, -0.05) is 123 Å². The maximum absolute atomic E-state index is 12.5. The third-order valence-electron chi connectivity index (χ3n) is 6.41. The molecule has 1 atom stereocenters. The number of hydrogen-bond acceptors (Lipinski definition) is 5. The molecule has 0 saturated heterocycles. The van der Waals surface area contributed by atoms with E-state index >= 15 is 0 Å². The van der Waals surface area contributed by atoms with Gasteiger partial charge in [-0.2, -0.15) is 0 Å². The minimum absolute atomic E-state index is 0.0968. The van der Waals surface area contributed by atoms with Gasteiger partial charge in [-0.05, 0) is 31.4 Å². The molecule has 1 unspecified atom stereocenters. The SMILES string of the molecule is CCCCCCCCCCCCCCCOC(=O)c1cccc(C(=O)OC(CCC)CCCC)n1. The van der Waals surface area contributed by atoms with Gasteiger partial charge in [-0.25, -0.2) is 14.6 Å². The first-order valence-corrected chi connectivity index (χ1v) is 14.5. The zero-order valence-electron chi connectivity index (χ0n) is 22.8. The molecule has 0 aromatic carbocycles. The van der Waals surface area contributed by atoms with Crippen LogP contribution in [0.3, 0.4) is 0 Å². The highest BCUT2D eigenvalue weighted by Gasteiger charge is 2.18. The van der Waals surface area contributed by atoms with Gasteiger partial charge in [0.05, 0.1) is 6.61 Å². The number of esters is 2. The zero-order chi connectivity index (χ0) is 25.6. The van der Waals surface area contributed by atoms with Gasteiger partial charge in [0, 0.05) is 0 Å². The molecule has 1 aromatic heterocycles.